The van der Waals surface area contributed by atoms with Crippen LogP contribution < -0.4 is 14.8 Å². The largest absolute Gasteiger partial charge is 0.493 e. The fraction of sp³-hybridized carbons (Fsp3) is 0.435. The first-order valence-corrected chi connectivity index (χ1v) is 10.1. The van der Waals surface area contributed by atoms with Crippen LogP contribution in [0.2, 0.25) is 0 Å². The summed E-state index contributed by atoms with van der Waals surface area (Å²) in [6, 6.07) is 9.69. The fourth-order valence-electron chi connectivity index (χ4n) is 4.98. The van der Waals surface area contributed by atoms with E-state index in [-0.39, 0.29) is 12.4 Å². The Hall–Kier alpha value is -2.24. The van der Waals surface area contributed by atoms with Gasteiger partial charge in [0.15, 0.2) is 11.5 Å². The average molecular weight is 414 g/mol. The van der Waals surface area contributed by atoms with Crippen LogP contribution >= 0.6 is 12.4 Å². The number of fused-ring (bicyclic) bond motifs is 3. The van der Waals surface area contributed by atoms with Gasteiger partial charge in [-0.15, -0.1) is 12.4 Å². The van der Waals surface area contributed by atoms with E-state index in [9.17, 15) is 0 Å². The Morgan fingerprint density at radius 2 is 1.72 bits per heavy atom. The normalized spacial score (nSPS) is 23.1. The quantitative estimate of drug-likeness (QED) is 0.670. The van der Waals surface area contributed by atoms with Crippen molar-refractivity contribution in [2.45, 2.75) is 50.6 Å². The molecule has 0 amide bonds. The predicted molar refractivity (Wildman–Crippen MR) is 118 cm³/mol. The van der Waals surface area contributed by atoms with E-state index in [0.29, 0.717) is 18.0 Å². The van der Waals surface area contributed by atoms with Crippen molar-refractivity contribution in [3.05, 3.63) is 47.8 Å². The molecule has 2 fully saturated rings. The predicted octanol–water partition coefficient (Wildman–Crippen LogP) is 4.75. The van der Waals surface area contributed by atoms with E-state index < -0.39 is 0 Å². The summed E-state index contributed by atoms with van der Waals surface area (Å²) in [6.45, 7) is 2.17. The lowest BCUT2D eigenvalue weighted by Gasteiger charge is -2.29. The van der Waals surface area contributed by atoms with Gasteiger partial charge >= 0.3 is 0 Å². The minimum atomic E-state index is 0. The van der Waals surface area contributed by atoms with Gasteiger partial charge in [0.1, 0.15) is 5.65 Å². The second-order valence-electron chi connectivity index (χ2n) is 8.19. The molecular weight excluding hydrogens is 386 g/mol. The van der Waals surface area contributed by atoms with Crippen molar-refractivity contribution < 1.29 is 9.47 Å². The van der Waals surface area contributed by atoms with Crippen molar-refractivity contribution >= 4 is 18.1 Å². The van der Waals surface area contributed by atoms with E-state index in [1.165, 1.54) is 36.8 Å². The molecule has 2 saturated heterocycles. The first kappa shape index (κ1) is 20.0. The van der Waals surface area contributed by atoms with Gasteiger partial charge in [-0.25, -0.2) is 4.98 Å². The minimum absolute atomic E-state index is 0. The van der Waals surface area contributed by atoms with Crippen LogP contribution in [-0.4, -0.2) is 35.7 Å². The average Bonchev–Trinajstić information content (AvgIpc) is 3.30. The first-order valence-electron chi connectivity index (χ1n) is 10.1. The third-order valence-corrected chi connectivity index (χ3v) is 6.38. The van der Waals surface area contributed by atoms with Crippen LogP contribution in [0.1, 0.15) is 42.7 Å². The van der Waals surface area contributed by atoms with Crippen LogP contribution in [0.5, 0.6) is 11.5 Å². The maximum atomic E-state index is 5.46. The van der Waals surface area contributed by atoms with Crippen molar-refractivity contribution in [1.82, 2.24) is 14.7 Å². The number of aromatic nitrogens is 2. The van der Waals surface area contributed by atoms with Gasteiger partial charge in [-0.3, -0.25) is 0 Å². The van der Waals surface area contributed by atoms with E-state index in [2.05, 4.69) is 35.1 Å². The molecule has 0 spiro atoms. The van der Waals surface area contributed by atoms with Gasteiger partial charge < -0.3 is 19.2 Å². The third kappa shape index (κ3) is 3.58. The zero-order valence-electron chi connectivity index (χ0n) is 17.1. The number of aryl methyl sites for hydroxylation is 1. The topological polar surface area (TPSA) is 47.8 Å². The highest BCUT2D eigenvalue weighted by Crippen LogP contribution is 2.38. The number of nitrogens with one attached hydrogen (secondary N) is 1. The third-order valence-electron chi connectivity index (χ3n) is 6.38. The van der Waals surface area contributed by atoms with Crippen molar-refractivity contribution in [2.24, 2.45) is 0 Å². The van der Waals surface area contributed by atoms with Gasteiger partial charge in [0.2, 0.25) is 0 Å². The van der Waals surface area contributed by atoms with Gasteiger partial charge in [-0.2, -0.15) is 0 Å². The molecule has 3 aromatic rings. The molecule has 2 unspecified atom stereocenters. The second kappa shape index (κ2) is 7.88. The van der Waals surface area contributed by atoms with Crippen molar-refractivity contribution in [1.29, 1.82) is 0 Å². The molecule has 0 aliphatic carbocycles. The van der Waals surface area contributed by atoms with E-state index in [1.54, 1.807) is 14.2 Å². The molecule has 1 N–H and O–H groups in total. The Bertz CT molecular complexity index is 1020. The lowest BCUT2D eigenvalue weighted by Crippen LogP contribution is -2.37. The van der Waals surface area contributed by atoms with E-state index >= 15 is 0 Å². The summed E-state index contributed by atoms with van der Waals surface area (Å²) < 4.78 is 13.0. The van der Waals surface area contributed by atoms with Crippen LogP contribution in [0.4, 0.5) is 0 Å². The van der Waals surface area contributed by atoms with Crippen LogP contribution in [0.25, 0.3) is 16.9 Å². The van der Waals surface area contributed by atoms with Gasteiger partial charge in [-0.05, 0) is 67.9 Å². The van der Waals surface area contributed by atoms with E-state index in [1.807, 2.05) is 18.2 Å². The number of methoxy groups -OCH3 is 2. The van der Waals surface area contributed by atoms with E-state index in [0.717, 1.165) is 28.4 Å². The lowest BCUT2D eigenvalue weighted by atomic mass is 9.86. The summed E-state index contributed by atoms with van der Waals surface area (Å²) >= 11 is 0. The van der Waals surface area contributed by atoms with Crippen LogP contribution in [0.15, 0.2) is 36.7 Å². The van der Waals surface area contributed by atoms with Crippen LogP contribution in [0, 0.1) is 6.92 Å². The molecule has 2 atom stereocenters. The van der Waals surface area contributed by atoms with Gasteiger partial charge in [-0.1, -0.05) is 6.07 Å². The molecule has 154 valence electrons. The number of benzene rings is 1. The number of ether oxygens (including phenoxy) is 2. The monoisotopic (exact) mass is 413 g/mol. The zero-order valence-corrected chi connectivity index (χ0v) is 18.0. The Morgan fingerprint density at radius 3 is 2.41 bits per heavy atom. The summed E-state index contributed by atoms with van der Waals surface area (Å²) in [5.74, 6) is 2.10. The van der Waals surface area contributed by atoms with Crippen molar-refractivity contribution in [3.8, 4) is 22.8 Å². The number of pyridine rings is 1. The maximum absolute atomic E-state index is 5.46. The number of hydrogen-bond donors (Lipinski definition) is 1. The summed E-state index contributed by atoms with van der Waals surface area (Å²) in [7, 11) is 3.31. The molecule has 2 bridgehead atoms. The highest BCUT2D eigenvalue weighted by atomic mass is 35.5. The number of rotatable bonds is 4. The Balaban J connectivity index is 0.00000205. The Morgan fingerprint density at radius 1 is 1.00 bits per heavy atom. The maximum Gasteiger partial charge on any atom is 0.161 e. The number of halogens is 1. The smallest absolute Gasteiger partial charge is 0.161 e. The Labute approximate surface area is 177 Å². The van der Waals surface area contributed by atoms with Crippen molar-refractivity contribution in [3.63, 3.8) is 0 Å². The minimum Gasteiger partial charge on any atom is -0.493 e. The molecule has 5 nitrogen and oxygen atoms in total. The number of hydrogen-bond acceptors (Lipinski definition) is 4. The number of imidazole rings is 1. The first-order chi connectivity index (χ1) is 13.6. The molecule has 1 aromatic carbocycles. The van der Waals surface area contributed by atoms with Gasteiger partial charge in [0.25, 0.3) is 0 Å². The fourth-order valence-corrected chi connectivity index (χ4v) is 4.98. The highest BCUT2D eigenvalue weighted by molar-refractivity contribution is 5.85. The molecule has 4 heterocycles. The molecule has 29 heavy (non-hydrogen) atoms. The summed E-state index contributed by atoms with van der Waals surface area (Å²) in [5.41, 5.74) is 5.68. The standard InChI is InChI=1S/C23H27N3O2.ClH/c1-14-8-17(16-9-18-5-6-19(10-16)24-18)12-26-13-20(25-23(14)26)15-4-7-21(27-2)22(11-15)28-3;/h4,7-8,11-13,16,18-19,24H,5-6,9-10H2,1-3H3;1H. The summed E-state index contributed by atoms with van der Waals surface area (Å²) in [5, 5.41) is 3.75. The molecule has 0 saturated carbocycles. The molecule has 0 radical (unpaired) electrons. The van der Waals surface area contributed by atoms with Crippen LogP contribution in [0.3, 0.4) is 0 Å². The molecule has 2 aliphatic rings. The molecule has 2 aliphatic heterocycles. The molecule has 6 heteroatoms. The number of piperidine rings is 1. The Kier molecular flexibility index (Phi) is 5.45. The van der Waals surface area contributed by atoms with Gasteiger partial charge in [0, 0.05) is 30.0 Å². The SMILES string of the molecule is COc1ccc(-c2cn3cc(C4CC5CCC(C4)N5)cc(C)c3n2)cc1OC.Cl. The molecular formula is C23H28ClN3O2. The molecule has 5 rings (SSSR count). The van der Waals surface area contributed by atoms with E-state index in [4.69, 9.17) is 14.5 Å². The zero-order chi connectivity index (χ0) is 19.3. The number of nitrogens with zero attached hydrogens (tertiary/aromatic N) is 2. The summed E-state index contributed by atoms with van der Waals surface area (Å²) in [6.07, 6.45) is 9.57. The van der Waals surface area contributed by atoms with Gasteiger partial charge in [0.05, 0.1) is 19.9 Å². The lowest BCUT2D eigenvalue weighted by molar-refractivity contribution is 0.355. The molecule has 2 aromatic heterocycles. The second-order valence-corrected chi connectivity index (χ2v) is 8.19. The van der Waals surface area contributed by atoms with Crippen molar-refractivity contribution in [2.75, 3.05) is 14.2 Å². The summed E-state index contributed by atoms with van der Waals surface area (Å²) in [4.78, 5) is 4.90. The highest BCUT2D eigenvalue weighted by Gasteiger charge is 2.34. The van der Waals surface area contributed by atoms with Crippen LogP contribution in [-0.2, 0) is 0 Å².